The van der Waals surface area contributed by atoms with Gasteiger partial charge < -0.3 is 0 Å². The largest absolute Gasteiger partial charge is 0.293 e. The molecular formula is C11H11BrO. The molecule has 0 amide bonds. The molecule has 0 fully saturated rings. The molecule has 1 nitrogen and oxygen atoms in total. The second kappa shape index (κ2) is 3.62. The molecule has 0 N–H and O–H groups in total. The summed E-state index contributed by atoms with van der Waals surface area (Å²) in [7, 11) is 0. The molecule has 0 radical (unpaired) electrons. The van der Waals surface area contributed by atoms with Gasteiger partial charge in [-0.15, -0.1) is 0 Å². The second-order valence-electron chi connectivity index (χ2n) is 3.38. The maximum absolute atomic E-state index is 11.8. The Labute approximate surface area is 86.3 Å². The summed E-state index contributed by atoms with van der Waals surface area (Å²) < 4.78 is 0. The third-order valence-corrected chi connectivity index (χ3v) is 3.34. The Balaban J connectivity index is 2.46. The van der Waals surface area contributed by atoms with Crippen LogP contribution in [0.5, 0.6) is 0 Å². The second-order valence-corrected chi connectivity index (χ2v) is 4.49. The number of halogens is 1. The fraction of sp³-hybridized carbons (Fsp3) is 0.364. The van der Waals surface area contributed by atoms with Gasteiger partial charge >= 0.3 is 0 Å². The molecule has 0 spiro atoms. The quantitative estimate of drug-likeness (QED) is 0.502. The van der Waals surface area contributed by atoms with Crippen molar-refractivity contribution in [1.82, 2.24) is 0 Å². The minimum absolute atomic E-state index is 0.0242. The van der Waals surface area contributed by atoms with Gasteiger partial charge in [0.25, 0.3) is 0 Å². The average Bonchev–Trinajstić information content (AvgIpc) is 2.29. The number of aryl methyl sites for hydroxylation is 1. The number of fused-ring (bicyclic) bond motifs is 1. The molecule has 0 saturated heterocycles. The number of carbonyl (C=O) groups excluding carboxylic acids is 1. The van der Waals surface area contributed by atoms with Crippen LogP contribution in [0.1, 0.15) is 28.8 Å². The van der Waals surface area contributed by atoms with E-state index in [1.54, 1.807) is 0 Å². The summed E-state index contributed by atoms with van der Waals surface area (Å²) in [5.74, 6) is 0.244. The number of hydrogen-bond acceptors (Lipinski definition) is 1. The van der Waals surface area contributed by atoms with Gasteiger partial charge in [-0.25, -0.2) is 0 Å². The van der Waals surface area contributed by atoms with Gasteiger partial charge in [-0.05, 0) is 24.8 Å². The number of Topliss-reactive ketones (excluding diaryl/α,β-unsaturated/α-hetero) is 1. The smallest absolute Gasteiger partial charge is 0.176 e. The van der Waals surface area contributed by atoms with Crippen molar-refractivity contribution in [2.45, 2.75) is 24.1 Å². The van der Waals surface area contributed by atoms with Crippen molar-refractivity contribution in [3.8, 4) is 0 Å². The summed E-state index contributed by atoms with van der Waals surface area (Å²) in [4.78, 5) is 11.8. The van der Waals surface area contributed by atoms with Crippen molar-refractivity contribution in [3.63, 3.8) is 0 Å². The first-order valence-electron chi connectivity index (χ1n) is 4.55. The summed E-state index contributed by atoms with van der Waals surface area (Å²) in [6.45, 7) is 0. The number of carbonyl (C=O) groups is 1. The predicted octanol–water partition coefficient (Wildman–Crippen LogP) is 2.97. The maximum Gasteiger partial charge on any atom is 0.176 e. The lowest BCUT2D eigenvalue weighted by atomic mass is 10.0. The Kier molecular flexibility index (Phi) is 2.49. The van der Waals surface area contributed by atoms with Crippen molar-refractivity contribution in [2.75, 3.05) is 0 Å². The van der Waals surface area contributed by atoms with E-state index < -0.39 is 0 Å². The molecule has 0 bridgehead atoms. The van der Waals surface area contributed by atoms with Crippen molar-refractivity contribution >= 4 is 21.7 Å². The summed E-state index contributed by atoms with van der Waals surface area (Å²) in [5.41, 5.74) is 2.11. The van der Waals surface area contributed by atoms with E-state index in [1.165, 1.54) is 5.56 Å². The van der Waals surface area contributed by atoms with Crippen LogP contribution < -0.4 is 0 Å². The fourth-order valence-electron chi connectivity index (χ4n) is 1.75. The van der Waals surface area contributed by atoms with Crippen LogP contribution in [0.2, 0.25) is 0 Å². The van der Waals surface area contributed by atoms with Gasteiger partial charge in [-0.1, -0.05) is 40.2 Å². The van der Waals surface area contributed by atoms with Gasteiger partial charge in [-0.3, -0.25) is 4.79 Å². The number of hydrogen-bond donors (Lipinski definition) is 0. The SMILES string of the molecule is O=C1c2ccccc2CCC[C@@H]1Br. The molecule has 0 unspecified atom stereocenters. The van der Waals surface area contributed by atoms with Crippen LogP contribution in [-0.2, 0) is 6.42 Å². The molecule has 2 heteroatoms. The highest BCUT2D eigenvalue weighted by atomic mass is 79.9. The van der Waals surface area contributed by atoms with E-state index in [4.69, 9.17) is 0 Å². The summed E-state index contributed by atoms with van der Waals surface area (Å²) in [6.07, 6.45) is 3.08. The van der Waals surface area contributed by atoms with Crippen molar-refractivity contribution in [3.05, 3.63) is 35.4 Å². The van der Waals surface area contributed by atoms with Crippen LogP contribution in [0.4, 0.5) is 0 Å². The normalized spacial score (nSPS) is 22.2. The molecule has 68 valence electrons. The Morgan fingerprint density at radius 2 is 2.08 bits per heavy atom. The lowest BCUT2D eigenvalue weighted by Gasteiger charge is -2.04. The zero-order valence-corrected chi connectivity index (χ0v) is 8.88. The van der Waals surface area contributed by atoms with Crippen LogP contribution in [0.25, 0.3) is 0 Å². The van der Waals surface area contributed by atoms with Crippen LogP contribution >= 0.6 is 15.9 Å². The molecule has 1 aliphatic carbocycles. The van der Waals surface area contributed by atoms with Crippen molar-refractivity contribution < 1.29 is 4.79 Å². The first-order chi connectivity index (χ1) is 6.29. The van der Waals surface area contributed by atoms with Crippen LogP contribution in [0.3, 0.4) is 0 Å². The van der Waals surface area contributed by atoms with E-state index in [2.05, 4.69) is 22.0 Å². The zero-order valence-electron chi connectivity index (χ0n) is 7.29. The maximum atomic E-state index is 11.8. The number of ketones is 1. The van der Waals surface area contributed by atoms with E-state index in [0.717, 1.165) is 24.8 Å². The minimum atomic E-state index is 0.0242. The average molecular weight is 239 g/mol. The third kappa shape index (κ3) is 1.68. The molecule has 0 saturated carbocycles. The van der Waals surface area contributed by atoms with E-state index in [0.29, 0.717) is 0 Å². The van der Waals surface area contributed by atoms with Crippen molar-refractivity contribution in [2.24, 2.45) is 0 Å². The summed E-state index contributed by atoms with van der Waals surface area (Å²) in [6, 6.07) is 7.91. The highest BCUT2D eigenvalue weighted by Crippen LogP contribution is 2.24. The number of alkyl halides is 1. The molecule has 0 heterocycles. The van der Waals surface area contributed by atoms with Gasteiger partial charge in [0, 0.05) is 5.56 Å². The first-order valence-corrected chi connectivity index (χ1v) is 5.47. The van der Waals surface area contributed by atoms with Crippen LogP contribution in [0.15, 0.2) is 24.3 Å². The van der Waals surface area contributed by atoms with Crippen molar-refractivity contribution in [1.29, 1.82) is 0 Å². The lowest BCUT2D eigenvalue weighted by Crippen LogP contribution is -2.12. The van der Waals surface area contributed by atoms with Crippen LogP contribution in [0, 0.1) is 0 Å². The van der Waals surface area contributed by atoms with Gasteiger partial charge in [0.2, 0.25) is 0 Å². The Hall–Kier alpha value is -0.630. The Morgan fingerprint density at radius 1 is 1.31 bits per heavy atom. The molecule has 1 aliphatic rings. The van der Waals surface area contributed by atoms with E-state index in [9.17, 15) is 4.79 Å². The summed E-state index contributed by atoms with van der Waals surface area (Å²) >= 11 is 3.42. The molecule has 2 rings (SSSR count). The van der Waals surface area contributed by atoms with Crippen LogP contribution in [-0.4, -0.2) is 10.6 Å². The van der Waals surface area contributed by atoms with E-state index >= 15 is 0 Å². The number of rotatable bonds is 0. The molecule has 0 aliphatic heterocycles. The molecule has 13 heavy (non-hydrogen) atoms. The molecule has 1 atom stereocenters. The fourth-order valence-corrected chi connectivity index (χ4v) is 2.32. The number of benzene rings is 1. The molecular weight excluding hydrogens is 228 g/mol. The highest BCUT2D eigenvalue weighted by molar-refractivity contribution is 9.10. The van der Waals surface area contributed by atoms with Gasteiger partial charge in [0.15, 0.2) is 5.78 Å². The summed E-state index contributed by atoms with van der Waals surface area (Å²) in [5, 5.41) is 0. The van der Waals surface area contributed by atoms with E-state index in [-0.39, 0.29) is 10.6 Å². The zero-order chi connectivity index (χ0) is 9.26. The van der Waals surface area contributed by atoms with Gasteiger partial charge in [0.05, 0.1) is 4.83 Å². The molecule has 1 aromatic carbocycles. The van der Waals surface area contributed by atoms with Gasteiger partial charge in [0.1, 0.15) is 0 Å². The Morgan fingerprint density at radius 3 is 2.92 bits per heavy atom. The lowest BCUT2D eigenvalue weighted by molar-refractivity contribution is 0.0990. The topological polar surface area (TPSA) is 17.1 Å². The molecule has 1 aromatic rings. The Bertz CT molecular complexity index is 333. The van der Waals surface area contributed by atoms with Gasteiger partial charge in [-0.2, -0.15) is 0 Å². The third-order valence-electron chi connectivity index (χ3n) is 2.47. The standard InChI is InChI=1S/C11H11BrO/c12-10-7-3-5-8-4-1-2-6-9(8)11(10)13/h1-2,4,6,10H,3,5,7H2/t10-/m0/s1. The first kappa shape index (κ1) is 8.95. The van der Waals surface area contributed by atoms with E-state index in [1.807, 2.05) is 18.2 Å². The minimum Gasteiger partial charge on any atom is -0.293 e. The molecule has 0 aromatic heterocycles. The highest BCUT2D eigenvalue weighted by Gasteiger charge is 2.22. The monoisotopic (exact) mass is 238 g/mol. The predicted molar refractivity (Wildman–Crippen MR) is 56.4 cm³/mol.